The van der Waals surface area contributed by atoms with Crippen LogP contribution in [0.15, 0.2) is 97.1 Å². The van der Waals surface area contributed by atoms with Gasteiger partial charge in [0, 0.05) is 33.6 Å². The number of rotatable bonds is 5. The predicted octanol–water partition coefficient (Wildman–Crippen LogP) is 6.48. The fraction of sp³-hybridized carbons (Fsp3) is 0.0714. The Balaban J connectivity index is 1.65. The van der Waals surface area contributed by atoms with Crippen molar-refractivity contribution < 1.29 is 9.59 Å². The Morgan fingerprint density at radius 2 is 0.938 bits per heavy atom. The number of nitrogens with one attached hydrogen (secondary N) is 2. The number of carbonyl (C=O) groups excluding carboxylic acids is 2. The van der Waals surface area contributed by atoms with Crippen LogP contribution in [0.5, 0.6) is 0 Å². The van der Waals surface area contributed by atoms with E-state index in [1.807, 2.05) is 98.8 Å². The molecule has 0 aromatic heterocycles. The van der Waals surface area contributed by atoms with Crippen molar-refractivity contribution >= 4 is 23.2 Å². The van der Waals surface area contributed by atoms with Crippen LogP contribution in [-0.4, -0.2) is 11.8 Å². The molecule has 0 bridgehead atoms. The van der Waals surface area contributed by atoms with E-state index >= 15 is 0 Å². The molecule has 0 aliphatic rings. The molecular formula is C28H24N2O2. The summed E-state index contributed by atoms with van der Waals surface area (Å²) in [6.45, 7) is 3.91. The molecule has 0 saturated heterocycles. The quantitative estimate of drug-likeness (QED) is 0.388. The second-order valence-electron chi connectivity index (χ2n) is 7.74. The number of hydrogen-bond donors (Lipinski definition) is 2. The summed E-state index contributed by atoms with van der Waals surface area (Å²) in [7, 11) is 0. The molecule has 4 rings (SSSR count). The Morgan fingerprint density at radius 1 is 0.531 bits per heavy atom. The molecule has 32 heavy (non-hydrogen) atoms. The average Bonchev–Trinajstić information content (AvgIpc) is 2.80. The third-order valence-corrected chi connectivity index (χ3v) is 5.20. The molecular weight excluding hydrogens is 396 g/mol. The summed E-state index contributed by atoms with van der Waals surface area (Å²) in [6, 6.07) is 30.1. The lowest BCUT2D eigenvalue weighted by molar-refractivity contribution is 0.101. The summed E-state index contributed by atoms with van der Waals surface area (Å²) < 4.78 is 0. The highest BCUT2D eigenvalue weighted by Crippen LogP contribution is 2.34. The highest BCUT2D eigenvalue weighted by Gasteiger charge is 2.15. The van der Waals surface area contributed by atoms with Gasteiger partial charge in [0.15, 0.2) is 0 Å². The smallest absolute Gasteiger partial charge is 0.255 e. The van der Waals surface area contributed by atoms with Crippen LogP contribution in [-0.2, 0) is 0 Å². The van der Waals surface area contributed by atoms with E-state index in [0.29, 0.717) is 22.5 Å². The summed E-state index contributed by atoms with van der Waals surface area (Å²) >= 11 is 0. The third kappa shape index (κ3) is 4.76. The lowest BCUT2D eigenvalue weighted by atomic mass is 10.0. The molecule has 2 amide bonds. The molecule has 4 aromatic carbocycles. The van der Waals surface area contributed by atoms with Gasteiger partial charge in [0.05, 0.1) is 0 Å². The molecule has 2 N–H and O–H groups in total. The first-order valence-corrected chi connectivity index (χ1v) is 10.5. The third-order valence-electron chi connectivity index (χ3n) is 5.20. The highest BCUT2D eigenvalue weighted by atomic mass is 16.2. The second kappa shape index (κ2) is 9.31. The minimum Gasteiger partial charge on any atom is -0.321 e. The second-order valence-corrected chi connectivity index (χ2v) is 7.74. The monoisotopic (exact) mass is 420 g/mol. The summed E-state index contributed by atoms with van der Waals surface area (Å²) in [5.41, 5.74) is 6.25. The van der Waals surface area contributed by atoms with Gasteiger partial charge in [-0.3, -0.25) is 9.59 Å². The van der Waals surface area contributed by atoms with E-state index in [0.717, 1.165) is 22.3 Å². The van der Waals surface area contributed by atoms with Crippen LogP contribution < -0.4 is 10.6 Å². The first-order valence-electron chi connectivity index (χ1n) is 10.5. The van der Waals surface area contributed by atoms with Gasteiger partial charge in [-0.15, -0.1) is 0 Å². The Kier molecular flexibility index (Phi) is 6.13. The van der Waals surface area contributed by atoms with E-state index in [2.05, 4.69) is 10.6 Å². The number of anilines is 2. The van der Waals surface area contributed by atoms with Crippen molar-refractivity contribution in [3.63, 3.8) is 0 Å². The SMILES string of the molecule is Cc1cccc(C(=O)Nc2ccccc2-c2ccccc2NC(=O)c2cccc(C)c2)c1. The lowest BCUT2D eigenvalue weighted by Crippen LogP contribution is -2.14. The largest absolute Gasteiger partial charge is 0.321 e. The van der Waals surface area contributed by atoms with Gasteiger partial charge >= 0.3 is 0 Å². The summed E-state index contributed by atoms with van der Waals surface area (Å²) in [5.74, 6) is -0.357. The zero-order valence-corrected chi connectivity index (χ0v) is 18.1. The standard InChI is InChI=1S/C28H24N2O2/c1-19-9-7-11-21(17-19)27(31)29-25-15-5-3-13-23(25)24-14-4-6-16-26(24)30-28(32)22-12-8-10-20(2)18-22/h3-18H,1-2H3,(H,29,31)(H,30,32). The summed E-state index contributed by atoms with van der Waals surface area (Å²) in [6.07, 6.45) is 0. The van der Waals surface area contributed by atoms with Crippen molar-refractivity contribution in [2.45, 2.75) is 13.8 Å². The van der Waals surface area contributed by atoms with E-state index in [4.69, 9.17) is 0 Å². The van der Waals surface area contributed by atoms with Crippen molar-refractivity contribution in [3.8, 4) is 11.1 Å². The van der Waals surface area contributed by atoms with Crippen LogP contribution in [0, 0.1) is 13.8 Å². The van der Waals surface area contributed by atoms with Gasteiger partial charge in [-0.25, -0.2) is 0 Å². The van der Waals surface area contributed by atoms with Gasteiger partial charge in [0.2, 0.25) is 0 Å². The molecule has 0 spiro atoms. The van der Waals surface area contributed by atoms with Gasteiger partial charge in [0.1, 0.15) is 0 Å². The Morgan fingerprint density at radius 3 is 1.34 bits per heavy atom. The number of benzene rings is 4. The van der Waals surface area contributed by atoms with E-state index < -0.39 is 0 Å². The Labute approximate surface area is 187 Å². The molecule has 0 fully saturated rings. The Bertz CT molecular complexity index is 1190. The maximum atomic E-state index is 12.8. The summed E-state index contributed by atoms with van der Waals surface area (Å²) in [4.78, 5) is 25.7. The molecule has 0 heterocycles. The van der Waals surface area contributed by atoms with Crippen molar-refractivity contribution in [1.29, 1.82) is 0 Å². The van der Waals surface area contributed by atoms with Gasteiger partial charge in [0.25, 0.3) is 11.8 Å². The van der Waals surface area contributed by atoms with Crippen LogP contribution in [0.25, 0.3) is 11.1 Å². The van der Waals surface area contributed by atoms with E-state index in [-0.39, 0.29) is 11.8 Å². The zero-order valence-electron chi connectivity index (χ0n) is 18.1. The number of hydrogen-bond acceptors (Lipinski definition) is 2. The zero-order chi connectivity index (χ0) is 22.5. The van der Waals surface area contributed by atoms with Crippen molar-refractivity contribution in [1.82, 2.24) is 0 Å². The van der Waals surface area contributed by atoms with Crippen LogP contribution in [0.3, 0.4) is 0 Å². The Hall–Kier alpha value is -4.18. The average molecular weight is 421 g/mol. The fourth-order valence-corrected chi connectivity index (χ4v) is 3.62. The van der Waals surface area contributed by atoms with Crippen LogP contribution in [0.1, 0.15) is 31.8 Å². The van der Waals surface area contributed by atoms with Crippen LogP contribution in [0.4, 0.5) is 11.4 Å². The minimum atomic E-state index is -0.178. The molecule has 0 aliphatic carbocycles. The molecule has 4 heteroatoms. The van der Waals surface area contributed by atoms with E-state index in [9.17, 15) is 9.59 Å². The molecule has 0 unspecified atom stereocenters. The molecule has 0 atom stereocenters. The summed E-state index contributed by atoms with van der Waals surface area (Å²) in [5, 5.41) is 6.04. The molecule has 0 saturated carbocycles. The van der Waals surface area contributed by atoms with Crippen LogP contribution in [0.2, 0.25) is 0 Å². The first-order chi connectivity index (χ1) is 15.5. The fourth-order valence-electron chi connectivity index (χ4n) is 3.62. The van der Waals surface area contributed by atoms with Crippen LogP contribution >= 0.6 is 0 Å². The van der Waals surface area contributed by atoms with Gasteiger partial charge in [-0.2, -0.15) is 0 Å². The predicted molar refractivity (Wildman–Crippen MR) is 130 cm³/mol. The maximum Gasteiger partial charge on any atom is 0.255 e. The van der Waals surface area contributed by atoms with Crippen molar-refractivity contribution in [2.24, 2.45) is 0 Å². The lowest BCUT2D eigenvalue weighted by Gasteiger charge is -2.16. The highest BCUT2D eigenvalue weighted by molar-refractivity contribution is 6.09. The molecule has 0 radical (unpaired) electrons. The number of carbonyl (C=O) groups is 2. The van der Waals surface area contributed by atoms with Crippen molar-refractivity contribution in [3.05, 3.63) is 119 Å². The number of aryl methyl sites for hydroxylation is 2. The molecule has 158 valence electrons. The maximum absolute atomic E-state index is 12.8. The first kappa shape index (κ1) is 21.1. The van der Waals surface area contributed by atoms with E-state index in [1.54, 1.807) is 12.1 Å². The minimum absolute atomic E-state index is 0.178. The van der Waals surface area contributed by atoms with Crippen molar-refractivity contribution in [2.75, 3.05) is 10.6 Å². The van der Waals surface area contributed by atoms with Gasteiger partial charge in [-0.1, -0.05) is 71.8 Å². The molecule has 0 aliphatic heterocycles. The molecule has 4 aromatic rings. The normalized spacial score (nSPS) is 10.4. The number of amides is 2. The van der Waals surface area contributed by atoms with Gasteiger partial charge < -0.3 is 10.6 Å². The topological polar surface area (TPSA) is 58.2 Å². The number of para-hydroxylation sites is 2. The van der Waals surface area contributed by atoms with E-state index in [1.165, 1.54) is 0 Å². The molecule has 4 nitrogen and oxygen atoms in total. The van der Waals surface area contributed by atoms with Gasteiger partial charge in [-0.05, 0) is 50.2 Å².